The van der Waals surface area contributed by atoms with E-state index in [9.17, 15) is 30.7 Å². The average Bonchev–Trinajstić information content (AvgIpc) is 2.72. The minimum absolute atomic E-state index is 0.134. The second-order valence-corrected chi connectivity index (χ2v) is 4.76. The number of allylic oxidation sites excluding steroid dienone is 2. The quantitative estimate of drug-likeness (QED) is 0.577. The molecule has 0 heterocycles. The van der Waals surface area contributed by atoms with Crippen LogP contribution in [0.15, 0.2) is 12.2 Å². The first-order valence-corrected chi connectivity index (χ1v) is 5.16. The number of rotatable bonds is 1. The van der Waals surface area contributed by atoms with Gasteiger partial charge in [0, 0.05) is 5.92 Å². The molecule has 0 spiro atoms. The van der Waals surface area contributed by atoms with E-state index in [4.69, 9.17) is 5.11 Å². The zero-order chi connectivity index (χ0) is 14.0. The highest BCUT2D eigenvalue weighted by molar-refractivity contribution is 5.25. The highest BCUT2D eigenvalue weighted by atomic mass is 19.4. The fourth-order valence-electron chi connectivity index (χ4n) is 2.85. The molecule has 1 saturated carbocycles. The third-order valence-corrected chi connectivity index (χ3v) is 3.74. The zero-order valence-corrected chi connectivity index (χ0v) is 8.82. The van der Waals surface area contributed by atoms with Crippen molar-refractivity contribution in [3.05, 3.63) is 12.2 Å². The Morgan fingerprint density at radius 3 is 1.78 bits per heavy atom. The van der Waals surface area contributed by atoms with Gasteiger partial charge in [-0.2, -0.15) is 26.3 Å². The molecule has 0 aromatic heterocycles. The zero-order valence-electron chi connectivity index (χ0n) is 8.82. The largest absolute Gasteiger partial charge is 0.429 e. The van der Waals surface area contributed by atoms with E-state index >= 15 is 0 Å². The molecule has 1 nitrogen and oxygen atoms in total. The summed E-state index contributed by atoms with van der Waals surface area (Å²) in [6, 6.07) is 0. The predicted octanol–water partition coefficient (Wildman–Crippen LogP) is 3.15. The van der Waals surface area contributed by atoms with Crippen molar-refractivity contribution < 1.29 is 35.8 Å². The van der Waals surface area contributed by atoms with Gasteiger partial charge in [-0.3, -0.25) is 0 Å². The van der Waals surface area contributed by atoms with Crippen molar-refractivity contribution in [1.29, 1.82) is 0 Å². The normalized spacial score (nSPS) is 36.4. The molecule has 0 amide bonds. The molecule has 18 heavy (non-hydrogen) atoms. The lowest BCUT2D eigenvalue weighted by molar-refractivity contribution is -0.406. The molecule has 2 rings (SSSR count). The molecule has 0 radical (unpaired) electrons. The van der Waals surface area contributed by atoms with Crippen molar-refractivity contribution in [1.82, 2.24) is 0 Å². The summed E-state index contributed by atoms with van der Waals surface area (Å²) >= 11 is 0. The third kappa shape index (κ3) is 1.44. The molecule has 1 fully saturated rings. The fraction of sp³-hybridized carbons (Fsp3) is 0.800. The third-order valence-electron chi connectivity index (χ3n) is 3.74. The molecule has 2 bridgehead atoms. The van der Waals surface area contributed by atoms with Crippen molar-refractivity contribution in [3.63, 3.8) is 0 Å². The van der Waals surface area contributed by atoms with Crippen LogP contribution in [-0.2, 0) is 0 Å². The number of hydrogen-bond acceptors (Lipinski definition) is 1. The van der Waals surface area contributed by atoms with Crippen LogP contribution in [0.2, 0.25) is 0 Å². The molecule has 2 unspecified atom stereocenters. The standard InChI is InChI=1S/C10H9F7O/c11-7(4-5-1-2-6(7)3-5)8(18,9(12,13)14)10(15,16)17/h1-2,5-6,18H,3-4H2/t5-,6?,7?/m1/s1. The van der Waals surface area contributed by atoms with Crippen molar-refractivity contribution in [3.8, 4) is 0 Å². The number of alkyl halides is 7. The van der Waals surface area contributed by atoms with Gasteiger partial charge in [0.1, 0.15) is 0 Å². The monoisotopic (exact) mass is 278 g/mol. The first-order valence-electron chi connectivity index (χ1n) is 5.16. The van der Waals surface area contributed by atoms with Gasteiger partial charge in [0.05, 0.1) is 0 Å². The highest BCUT2D eigenvalue weighted by Gasteiger charge is 2.83. The average molecular weight is 278 g/mol. The van der Waals surface area contributed by atoms with Gasteiger partial charge in [0.25, 0.3) is 5.60 Å². The van der Waals surface area contributed by atoms with Gasteiger partial charge < -0.3 is 5.11 Å². The van der Waals surface area contributed by atoms with Gasteiger partial charge in [-0.05, 0) is 18.8 Å². The maximum atomic E-state index is 14.3. The molecular formula is C10H9F7O. The Morgan fingerprint density at radius 1 is 1.00 bits per heavy atom. The van der Waals surface area contributed by atoms with Crippen molar-refractivity contribution >= 4 is 0 Å². The van der Waals surface area contributed by atoms with Gasteiger partial charge >= 0.3 is 12.4 Å². The van der Waals surface area contributed by atoms with Crippen LogP contribution in [0.3, 0.4) is 0 Å². The summed E-state index contributed by atoms with van der Waals surface area (Å²) in [4.78, 5) is 0. The summed E-state index contributed by atoms with van der Waals surface area (Å²) in [7, 11) is 0. The molecule has 1 N–H and O–H groups in total. The maximum Gasteiger partial charge on any atom is 0.429 e. The minimum Gasteiger partial charge on any atom is -0.371 e. The lowest BCUT2D eigenvalue weighted by Crippen LogP contribution is -2.70. The molecule has 8 heteroatoms. The van der Waals surface area contributed by atoms with Crippen LogP contribution in [-0.4, -0.2) is 28.7 Å². The number of aliphatic hydroxyl groups is 1. The molecule has 0 aromatic rings. The van der Waals surface area contributed by atoms with Crippen LogP contribution in [0.5, 0.6) is 0 Å². The number of halogens is 7. The lowest BCUT2D eigenvalue weighted by atomic mass is 9.74. The van der Waals surface area contributed by atoms with E-state index in [-0.39, 0.29) is 6.42 Å². The Kier molecular flexibility index (Phi) is 2.58. The molecule has 104 valence electrons. The fourth-order valence-corrected chi connectivity index (χ4v) is 2.85. The molecule has 2 aliphatic rings. The van der Waals surface area contributed by atoms with Crippen LogP contribution >= 0.6 is 0 Å². The topological polar surface area (TPSA) is 20.2 Å². The minimum atomic E-state index is -6.11. The highest BCUT2D eigenvalue weighted by Crippen LogP contribution is 2.61. The second-order valence-electron chi connectivity index (χ2n) is 4.76. The van der Waals surface area contributed by atoms with E-state index < -0.39 is 41.9 Å². The summed E-state index contributed by atoms with van der Waals surface area (Å²) in [6.45, 7) is 0. The van der Waals surface area contributed by atoms with E-state index in [1.165, 1.54) is 6.08 Å². The van der Waals surface area contributed by atoms with Crippen LogP contribution < -0.4 is 0 Å². The summed E-state index contributed by atoms with van der Waals surface area (Å²) in [5.41, 5.74) is -9.07. The molecule has 0 aliphatic heterocycles. The van der Waals surface area contributed by atoms with E-state index in [0.717, 1.165) is 6.08 Å². The smallest absolute Gasteiger partial charge is 0.371 e. The van der Waals surface area contributed by atoms with E-state index in [2.05, 4.69) is 0 Å². The van der Waals surface area contributed by atoms with E-state index in [0.29, 0.717) is 0 Å². The van der Waals surface area contributed by atoms with Crippen LogP contribution in [0, 0.1) is 11.8 Å². The summed E-state index contributed by atoms with van der Waals surface area (Å²) < 4.78 is 89.8. The molecule has 2 aliphatic carbocycles. The lowest BCUT2D eigenvalue weighted by Gasteiger charge is -2.44. The van der Waals surface area contributed by atoms with Crippen LogP contribution in [0.4, 0.5) is 30.7 Å². The van der Waals surface area contributed by atoms with Gasteiger partial charge in [0.2, 0.25) is 0 Å². The number of fused-ring (bicyclic) bond motifs is 2. The van der Waals surface area contributed by atoms with Crippen molar-refractivity contribution in [2.24, 2.45) is 11.8 Å². The Hall–Kier alpha value is -0.790. The van der Waals surface area contributed by atoms with Crippen molar-refractivity contribution in [2.75, 3.05) is 0 Å². The van der Waals surface area contributed by atoms with E-state index in [1.54, 1.807) is 0 Å². The first kappa shape index (κ1) is 13.6. The SMILES string of the molecule is OC(C(F)(F)F)(C(F)(F)F)C1(F)C[C@@H]2C=CC1C2. The van der Waals surface area contributed by atoms with Gasteiger partial charge in [0.15, 0.2) is 5.67 Å². The molecule has 3 atom stereocenters. The predicted molar refractivity (Wildman–Crippen MR) is 46.3 cm³/mol. The van der Waals surface area contributed by atoms with Gasteiger partial charge in [-0.15, -0.1) is 0 Å². The van der Waals surface area contributed by atoms with Crippen LogP contribution in [0.1, 0.15) is 12.8 Å². The summed E-state index contributed by atoms with van der Waals surface area (Å²) in [6.07, 6.45) is -11.0. The molecule has 0 saturated heterocycles. The summed E-state index contributed by atoms with van der Waals surface area (Å²) in [5.74, 6) is -2.24. The second kappa shape index (κ2) is 3.40. The van der Waals surface area contributed by atoms with Gasteiger partial charge in [-0.1, -0.05) is 12.2 Å². The number of hydrogen-bond donors (Lipinski definition) is 1. The Balaban J connectivity index is 2.53. The molecular weight excluding hydrogens is 269 g/mol. The van der Waals surface area contributed by atoms with Crippen LogP contribution in [0.25, 0.3) is 0 Å². The van der Waals surface area contributed by atoms with E-state index in [1.807, 2.05) is 0 Å². The van der Waals surface area contributed by atoms with Crippen molar-refractivity contribution in [2.45, 2.75) is 36.5 Å². The maximum absolute atomic E-state index is 14.3. The molecule has 0 aromatic carbocycles. The Labute approximate surface area is 97.3 Å². The summed E-state index contributed by atoms with van der Waals surface area (Å²) in [5, 5.41) is 9.11. The first-order chi connectivity index (χ1) is 7.93. The Bertz CT molecular complexity index is 369. The van der Waals surface area contributed by atoms with Gasteiger partial charge in [-0.25, -0.2) is 4.39 Å². The Morgan fingerprint density at radius 2 is 1.50 bits per heavy atom.